The van der Waals surface area contributed by atoms with E-state index in [1.54, 1.807) is 0 Å². The minimum absolute atomic E-state index is 0.437. The van der Waals surface area contributed by atoms with E-state index >= 15 is 0 Å². The van der Waals surface area contributed by atoms with E-state index in [0.29, 0.717) is 4.99 Å². The van der Waals surface area contributed by atoms with Crippen molar-refractivity contribution in [2.24, 2.45) is 5.73 Å². The van der Waals surface area contributed by atoms with Gasteiger partial charge in [0.1, 0.15) is 4.99 Å². The molecular weight excluding hydrogens is 240 g/mol. The molecule has 2 aromatic rings. The van der Waals surface area contributed by atoms with Crippen LogP contribution < -0.4 is 10.6 Å². The Morgan fingerprint density at radius 3 is 2.22 bits per heavy atom. The number of hydrogen-bond donors (Lipinski definition) is 1. The van der Waals surface area contributed by atoms with Gasteiger partial charge in [0.25, 0.3) is 0 Å². The highest BCUT2D eigenvalue weighted by Gasteiger charge is 2.02. The van der Waals surface area contributed by atoms with Gasteiger partial charge in [-0.15, -0.1) is 0 Å². The Balaban J connectivity index is 2.09. The van der Waals surface area contributed by atoms with E-state index in [9.17, 15) is 0 Å². The molecular formula is C15H16N2S. The molecule has 0 saturated carbocycles. The zero-order valence-electron chi connectivity index (χ0n) is 10.3. The van der Waals surface area contributed by atoms with Crippen molar-refractivity contribution in [3.05, 3.63) is 65.7 Å². The monoisotopic (exact) mass is 256 g/mol. The van der Waals surface area contributed by atoms with Crippen molar-refractivity contribution in [1.82, 2.24) is 0 Å². The number of thiocarbonyl (C=S) groups is 1. The Morgan fingerprint density at radius 2 is 1.67 bits per heavy atom. The Labute approximate surface area is 113 Å². The van der Waals surface area contributed by atoms with Gasteiger partial charge in [0, 0.05) is 24.8 Å². The van der Waals surface area contributed by atoms with Crippen LogP contribution in [0.5, 0.6) is 0 Å². The lowest BCUT2D eigenvalue weighted by molar-refractivity contribution is 0.923. The maximum absolute atomic E-state index is 5.58. The fourth-order valence-electron chi connectivity index (χ4n) is 1.83. The van der Waals surface area contributed by atoms with Gasteiger partial charge in [-0.05, 0) is 29.8 Å². The molecule has 2 rings (SSSR count). The van der Waals surface area contributed by atoms with Crippen molar-refractivity contribution in [3.63, 3.8) is 0 Å². The summed E-state index contributed by atoms with van der Waals surface area (Å²) in [6.45, 7) is 0.882. The molecule has 0 spiro atoms. The molecule has 0 aliphatic rings. The number of benzene rings is 2. The standard InChI is InChI=1S/C15H16N2S/c1-17(11-12-5-3-2-4-6-12)14-9-7-13(8-10-14)15(16)18/h2-10H,11H2,1H3,(H2,16,18). The van der Waals surface area contributed by atoms with Gasteiger partial charge in [0.15, 0.2) is 0 Å². The van der Waals surface area contributed by atoms with Crippen LogP contribution in [0.3, 0.4) is 0 Å². The number of hydrogen-bond acceptors (Lipinski definition) is 2. The average molecular weight is 256 g/mol. The highest BCUT2D eigenvalue weighted by Crippen LogP contribution is 2.16. The smallest absolute Gasteiger partial charge is 0.103 e. The molecule has 0 aliphatic carbocycles. The topological polar surface area (TPSA) is 29.3 Å². The molecule has 92 valence electrons. The van der Waals surface area contributed by atoms with E-state index in [1.165, 1.54) is 5.56 Å². The molecule has 2 N–H and O–H groups in total. The molecule has 2 aromatic carbocycles. The van der Waals surface area contributed by atoms with Crippen LogP contribution in [-0.4, -0.2) is 12.0 Å². The van der Waals surface area contributed by atoms with Crippen molar-refractivity contribution < 1.29 is 0 Å². The fraction of sp³-hybridized carbons (Fsp3) is 0.133. The fourth-order valence-corrected chi connectivity index (χ4v) is 1.96. The van der Waals surface area contributed by atoms with Crippen molar-refractivity contribution in [2.45, 2.75) is 6.54 Å². The van der Waals surface area contributed by atoms with Gasteiger partial charge < -0.3 is 10.6 Å². The SMILES string of the molecule is CN(Cc1ccccc1)c1ccc(C(N)=S)cc1. The Hall–Kier alpha value is -1.87. The molecule has 18 heavy (non-hydrogen) atoms. The van der Waals surface area contributed by atoms with Crippen LogP contribution in [0, 0.1) is 0 Å². The molecule has 0 amide bonds. The molecule has 0 bridgehead atoms. The number of nitrogens with zero attached hydrogens (tertiary/aromatic N) is 1. The average Bonchev–Trinajstić information content (AvgIpc) is 2.40. The first kappa shape index (κ1) is 12.6. The molecule has 0 saturated heterocycles. The van der Waals surface area contributed by atoms with Gasteiger partial charge in [0.2, 0.25) is 0 Å². The second-order valence-corrected chi connectivity index (χ2v) is 4.69. The normalized spacial score (nSPS) is 10.1. The third-order valence-corrected chi connectivity index (χ3v) is 3.09. The molecule has 0 aromatic heterocycles. The quantitative estimate of drug-likeness (QED) is 0.853. The molecule has 0 fully saturated rings. The maximum Gasteiger partial charge on any atom is 0.103 e. The highest BCUT2D eigenvalue weighted by atomic mass is 32.1. The third kappa shape index (κ3) is 3.08. The summed E-state index contributed by atoms with van der Waals surface area (Å²) < 4.78 is 0. The second-order valence-electron chi connectivity index (χ2n) is 4.25. The van der Waals surface area contributed by atoms with Crippen LogP contribution in [0.4, 0.5) is 5.69 Å². The minimum atomic E-state index is 0.437. The molecule has 0 heterocycles. The van der Waals surface area contributed by atoms with E-state index in [1.807, 2.05) is 30.3 Å². The van der Waals surface area contributed by atoms with Gasteiger partial charge in [-0.3, -0.25) is 0 Å². The molecule has 0 aliphatic heterocycles. The van der Waals surface area contributed by atoms with E-state index in [-0.39, 0.29) is 0 Å². The summed E-state index contributed by atoms with van der Waals surface area (Å²) in [5.41, 5.74) is 8.93. The first-order valence-corrected chi connectivity index (χ1v) is 6.22. The summed E-state index contributed by atoms with van der Waals surface area (Å²) in [6, 6.07) is 18.4. The number of nitrogens with two attached hydrogens (primary N) is 1. The van der Waals surface area contributed by atoms with Crippen molar-refractivity contribution >= 4 is 22.9 Å². The molecule has 0 atom stereocenters. The van der Waals surface area contributed by atoms with Crippen molar-refractivity contribution in [3.8, 4) is 0 Å². The maximum atomic E-state index is 5.58. The summed E-state index contributed by atoms with van der Waals surface area (Å²) in [5.74, 6) is 0. The van der Waals surface area contributed by atoms with Gasteiger partial charge in [0.05, 0.1) is 0 Å². The number of anilines is 1. The Morgan fingerprint density at radius 1 is 1.06 bits per heavy atom. The van der Waals surface area contributed by atoms with Crippen LogP contribution in [0.25, 0.3) is 0 Å². The van der Waals surface area contributed by atoms with Gasteiger partial charge >= 0.3 is 0 Å². The molecule has 0 radical (unpaired) electrons. The Kier molecular flexibility index (Phi) is 3.95. The van der Waals surface area contributed by atoms with Gasteiger partial charge in [-0.1, -0.05) is 42.5 Å². The van der Waals surface area contributed by atoms with Crippen LogP contribution in [0.1, 0.15) is 11.1 Å². The highest BCUT2D eigenvalue weighted by molar-refractivity contribution is 7.80. The molecule has 3 heteroatoms. The lowest BCUT2D eigenvalue weighted by Gasteiger charge is -2.19. The third-order valence-electron chi connectivity index (χ3n) is 2.86. The van der Waals surface area contributed by atoms with E-state index in [0.717, 1.165) is 17.8 Å². The first-order valence-electron chi connectivity index (χ1n) is 5.82. The summed E-state index contributed by atoms with van der Waals surface area (Å²) in [6.07, 6.45) is 0. The number of rotatable bonds is 4. The lowest BCUT2D eigenvalue weighted by atomic mass is 10.1. The Bertz CT molecular complexity index is 520. The summed E-state index contributed by atoms with van der Waals surface area (Å²) >= 11 is 4.94. The van der Waals surface area contributed by atoms with Crippen LogP contribution >= 0.6 is 12.2 Å². The summed E-state index contributed by atoms with van der Waals surface area (Å²) in [4.78, 5) is 2.63. The van der Waals surface area contributed by atoms with E-state index in [4.69, 9.17) is 18.0 Å². The first-order chi connectivity index (χ1) is 8.66. The zero-order chi connectivity index (χ0) is 13.0. The zero-order valence-corrected chi connectivity index (χ0v) is 11.2. The molecule has 2 nitrogen and oxygen atoms in total. The van der Waals surface area contributed by atoms with Gasteiger partial charge in [-0.2, -0.15) is 0 Å². The van der Waals surface area contributed by atoms with Gasteiger partial charge in [-0.25, -0.2) is 0 Å². The summed E-state index contributed by atoms with van der Waals surface area (Å²) in [7, 11) is 2.07. The van der Waals surface area contributed by atoms with Crippen LogP contribution in [0.2, 0.25) is 0 Å². The van der Waals surface area contributed by atoms with Crippen molar-refractivity contribution in [1.29, 1.82) is 0 Å². The van der Waals surface area contributed by atoms with E-state index in [2.05, 4.69) is 36.2 Å². The predicted octanol–water partition coefficient (Wildman–Crippen LogP) is 2.96. The van der Waals surface area contributed by atoms with E-state index < -0.39 is 0 Å². The van der Waals surface area contributed by atoms with Crippen LogP contribution in [-0.2, 0) is 6.54 Å². The second kappa shape index (κ2) is 5.65. The van der Waals surface area contributed by atoms with Crippen LogP contribution in [0.15, 0.2) is 54.6 Å². The summed E-state index contributed by atoms with van der Waals surface area (Å²) in [5, 5.41) is 0. The van der Waals surface area contributed by atoms with Crippen molar-refractivity contribution in [2.75, 3.05) is 11.9 Å². The predicted molar refractivity (Wildman–Crippen MR) is 80.9 cm³/mol. The lowest BCUT2D eigenvalue weighted by Crippen LogP contribution is -2.16. The largest absolute Gasteiger partial charge is 0.389 e. The molecule has 0 unspecified atom stereocenters. The minimum Gasteiger partial charge on any atom is -0.389 e.